The molecule has 2 aliphatic rings. The highest BCUT2D eigenvalue weighted by molar-refractivity contribution is 7.99. The minimum atomic E-state index is 0.0322. The molecular weight excluding hydrogens is 442 g/mol. The Balaban J connectivity index is 1.71. The molecule has 0 saturated carbocycles. The lowest BCUT2D eigenvalue weighted by Gasteiger charge is -2.44. The number of hydrogen-bond donors (Lipinski definition) is 0. The molecule has 0 spiro atoms. The molecule has 0 unspecified atom stereocenters. The highest BCUT2D eigenvalue weighted by atomic mass is 32.2. The molecule has 176 valence electrons. The predicted octanol–water partition coefficient (Wildman–Crippen LogP) is 5.38. The SMILES string of the molecule is CCN1C(=O)c2c(c(C)n(Cc3ccc(C)cc3)c2Sc2ccncc2)N2CC(C)(C)CN=C12. The Labute approximate surface area is 205 Å². The molecule has 2 aliphatic heterocycles. The molecule has 0 N–H and O–H groups in total. The third kappa shape index (κ3) is 3.92. The number of aliphatic imine (C=N–C) groups is 1. The lowest BCUT2D eigenvalue weighted by molar-refractivity contribution is 0.0838. The van der Waals surface area contributed by atoms with Crippen molar-refractivity contribution in [2.75, 3.05) is 24.5 Å². The number of hydrogen-bond acceptors (Lipinski definition) is 5. The van der Waals surface area contributed by atoms with Gasteiger partial charge in [-0.25, -0.2) is 0 Å². The van der Waals surface area contributed by atoms with Gasteiger partial charge < -0.3 is 9.47 Å². The van der Waals surface area contributed by atoms with Gasteiger partial charge >= 0.3 is 0 Å². The van der Waals surface area contributed by atoms with Crippen molar-refractivity contribution in [3.05, 3.63) is 71.2 Å². The van der Waals surface area contributed by atoms with E-state index in [2.05, 4.69) is 66.4 Å². The zero-order valence-corrected chi connectivity index (χ0v) is 21.3. The number of rotatable bonds is 5. The first-order chi connectivity index (χ1) is 16.3. The molecule has 0 aliphatic carbocycles. The van der Waals surface area contributed by atoms with Gasteiger partial charge in [0.15, 0.2) is 0 Å². The van der Waals surface area contributed by atoms with Crippen molar-refractivity contribution < 1.29 is 4.79 Å². The van der Waals surface area contributed by atoms with Gasteiger partial charge in [0.25, 0.3) is 5.91 Å². The summed E-state index contributed by atoms with van der Waals surface area (Å²) in [5.41, 5.74) is 5.37. The molecule has 2 aromatic heterocycles. The van der Waals surface area contributed by atoms with Crippen LogP contribution in [-0.4, -0.2) is 46.0 Å². The first kappa shape index (κ1) is 22.7. The number of aryl methyl sites for hydroxylation is 1. The maximum Gasteiger partial charge on any atom is 0.265 e. The summed E-state index contributed by atoms with van der Waals surface area (Å²) < 4.78 is 2.30. The van der Waals surface area contributed by atoms with Crippen LogP contribution < -0.4 is 4.90 Å². The predicted molar refractivity (Wildman–Crippen MR) is 138 cm³/mol. The van der Waals surface area contributed by atoms with Crippen LogP contribution in [0.2, 0.25) is 0 Å². The molecule has 5 rings (SSSR count). The summed E-state index contributed by atoms with van der Waals surface area (Å²) in [5, 5.41) is 0.977. The van der Waals surface area contributed by atoms with E-state index in [0.29, 0.717) is 13.1 Å². The molecule has 0 radical (unpaired) electrons. The highest BCUT2D eigenvalue weighted by Crippen LogP contribution is 2.45. The fraction of sp³-hybridized carbons (Fsp3) is 0.370. The molecule has 0 atom stereocenters. The van der Waals surface area contributed by atoms with Crippen molar-refractivity contribution in [2.45, 2.75) is 51.1 Å². The number of fused-ring (bicyclic) bond motifs is 3. The Morgan fingerprint density at radius 1 is 1.06 bits per heavy atom. The average Bonchev–Trinajstić information content (AvgIpc) is 3.08. The van der Waals surface area contributed by atoms with Gasteiger partial charge in [-0.15, -0.1) is 0 Å². The number of amides is 1. The molecule has 3 aromatic rings. The Morgan fingerprint density at radius 3 is 2.44 bits per heavy atom. The molecule has 7 heteroatoms. The van der Waals surface area contributed by atoms with E-state index in [1.54, 1.807) is 24.2 Å². The standard InChI is InChI=1S/C27H31N5OS/c1-6-30-24(33)22-23(32-17-27(4,5)16-29-26(30)32)19(3)31(15-20-9-7-18(2)8-10-20)25(22)34-21-11-13-28-14-12-21/h7-14H,6,15-17H2,1-5H3. The fourth-order valence-corrected chi connectivity index (χ4v) is 5.83. The van der Waals surface area contributed by atoms with Crippen LogP contribution in [0.4, 0.5) is 5.69 Å². The quantitative estimate of drug-likeness (QED) is 0.499. The third-order valence-electron chi connectivity index (χ3n) is 6.53. The first-order valence-corrected chi connectivity index (χ1v) is 12.6. The van der Waals surface area contributed by atoms with Crippen LogP contribution in [0.3, 0.4) is 0 Å². The molecule has 4 heterocycles. The van der Waals surface area contributed by atoms with Crippen molar-refractivity contribution >= 4 is 29.3 Å². The van der Waals surface area contributed by atoms with Gasteiger partial charge in [-0.1, -0.05) is 55.4 Å². The molecule has 34 heavy (non-hydrogen) atoms. The van der Waals surface area contributed by atoms with Gasteiger partial charge in [0, 0.05) is 54.6 Å². The molecule has 0 fully saturated rings. The first-order valence-electron chi connectivity index (χ1n) is 11.8. The van der Waals surface area contributed by atoms with E-state index < -0.39 is 0 Å². The molecule has 0 saturated heterocycles. The van der Waals surface area contributed by atoms with Crippen LogP contribution in [0.5, 0.6) is 0 Å². The van der Waals surface area contributed by atoms with Crippen LogP contribution in [0.1, 0.15) is 48.0 Å². The summed E-state index contributed by atoms with van der Waals surface area (Å²) in [6.07, 6.45) is 3.60. The van der Waals surface area contributed by atoms with Crippen LogP contribution in [-0.2, 0) is 6.54 Å². The second-order valence-corrected chi connectivity index (χ2v) is 10.9. The van der Waals surface area contributed by atoms with Gasteiger partial charge in [0.1, 0.15) is 0 Å². The Bertz CT molecular complexity index is 1260. The third-order valence-corrected chi connectivity index (χ3v) is 7.66. The Hall–Kier alpha value is -3.06. The van der Waals surface area contributed by atoms with E-state index in [9.17, 15) is 4.79 Å². The number of guanidine groups is 1. The normalized spacial score (nSPS) is 16.9. The van der Waals surface area contributed by atoms with E-state index >= 15 is 0 Å². The summed E-state index contributed by atoms with van der Waals surface area (Å²) in [4.78, 5) is 28.2. The highest BCUT2D eigenvalue weighted by Gasteiger charge is 2.44. The molecular formula is C27H31N5OS. The number of pyridine rings is 1. The van der Waals surface area contributed by atoms with Crippen molar-refractivity contribution in [1.82, 2.24) is 14.5 Å². The zero-order valence-electron chi connectivity index (χ0n) is 20.5. The van der Waals surface area contributed by atoms with E-state index in [1.165, 1.54) is 11.1 Å². The Kier molecular flexibility index (Phi) is 5.76. The molecule has 6 nitrogen and oxygen atoms in total. The van der Waals surface area contributed by atoms with Crippen molar-refractivity contribution in [3.8, 4) is 0 Å². The average molecular weight is 474 g/mol. The Morgan fingerprint density at radius 2 is 1.76 bits per heavy atom. The van der Waals surface area contributed by atoms with Crippen LogP contribution in [0, 0.1) is 19.3 Å². The summed E-state index contributed by atoms with van der Waals surface area (Å²) in [6, 6.07) is 12.6. The second-order valence-electron chi connectivity index (χ2n) is 9.89. The molecule has 0 bridgehead atoms. The number of nitrogens with zero attached hydrogens (tertiary/aromatic N) is 5. The number of aromatic nitrogens is 2. The number of carbonyl (C=O) groups is 1. The number of carbonyl (C=O) groups excluding carboxylic acids is 1. The molecule has 1 amide bonds. The number of anilines is 1. The monoisotopic (exact) mass is 473 g/mol. The summed E-state index contributed by atoms with van der Waals surface area (Å²) in [7, 11) is 0. The zero-order chi connectivity index (χ0) is 24.0. The maximum absolute atomic E-state index is 13.9. The number of benzene rings is 1. The maximum atomic E-state index is 13.9. The summed E-state index contributed by atoms with van der Waals surface area (Å²) in [5.74, 6) is 0.824. The van der Waals surface area contributed by atoms with Gasteiger partial charge in [0.05, 0.1) is 16.3 Å². The van der Waals surface area contributed by atoms with Gasteiger partial charge in [-0.05, 0) is 38.5 Å². The lowest BCUT2D eigenvalue weighted by atomic mass is 9.90. The second kappa shape index (κ2) is 8.62. The van der Waals surface area contributed by atoms with Crippen LogP contribution in [0.15, 0.2) is 63.7 Å². The smallest absolute Gasteiger partial charge is 0.265 e. The van der Waals surface area contributed by atoms with E-state index in [4.69, 9.17) is 4.99 Å². The van der Waals surface area contributed by atoms with Crippen LogP contribution >= 0.6 is 11.8 Å². The summed E-state index contributed by atoms with van der Waals surface area (Å²) >= 11 is 1.64. The van der Waals surface area contributed by atoms with E-state index in [0.717, 1.165) is 45.9 Å². The topological polar surface area (TPSA) is 53.7 Å². The largest absolute Gasteiger partial charge is 0.333 e. The van der Waals surface area contributed by atoms with Crippen molar-refractivity contribution in [3.63, 3.8) is 0 Å². The fourth-order valence-electron chi connectivity index (χ4n) is 4.75. The lowest BCUT2D eigenvalue weighted by Crippen LogP contribution is -2.57. The minimum absolute atomic E-state index is 0.0322. The van der Waals surface area contributed by atoms with Gasteiger partial charge in [0.2, 0.25) is 5.96 Å². The van der Waals surface area contributed by atoms with E-state index in [1.807, 2.05) is 24.0 Å². The van der Waals surface area contributed by atoms with Crippen molar-refractivity contribution in [2.24, 2.45) is 10.4 Å². The van der Waals surface area contributed by atoms with Crippen molar-refractivity contribution in [1.29, 1.82) is 0 Å². The van der Waals surface area contributed by atoms with Gasteiger partial charge in [-0.2, -0.15) is 0 Å². The summed E-state index contributed by atoms with van der Waals surface area (Å²) in [6.45, 7) is 13.6. The molecule has 1 aromatic carbocycles. The minimum Gasteiger partial charge on any atom is -0.333 e. The van der Waals surface area contributed by atoms with E-state index in [-0.39, 0.29) is 11.3 Å². The van der Waals surface area contributed by atoms with Gasteiger partial charge in [-0.3, -0.25) is 19.7 Å². The van der Waals surface area contributed by atoms with Crippen LogP contribution in [0.25, 0.3) is 0 Å².